The van der Waals surface area contributed by atoms with E-state index in [9.17, 15) is 28.8 Å². The first-order valence-electron chi connectivity index (χ1n) is 28.8. The number of ketones is 1. The van der Waals surface area contributed by atoms with Gasteiger partial charge in [-0.2, -0.15) is 5.10 Å². The average molecular weight is 1150 g/mol. The Hall–Kier alpha value is -8.18. The summed E-state index contributed by atoms with van der Waals surface area (Å²) in [7, 11) is 1.81. The molecule has 2 aliphatic carbocycles. The van der Waals surface area contributed by atoms with Crippen LogP contribution in [0.25, 0.3) is 21.0 Å². The summed E-state index contributed by atoms with van der Waals surface area (Å²) >= 11 is 1.51. The molecular weight excluding hydrogens is 1070 g/mol. The molecule has 16 nitrogen and oxygen atoms in total. The molecule has 6 aromatic rings. The van der Waals surface area contributed by atoms with Crippen molar-refractivity contribution < 1.29 is 61.9 Å². The van der Waals surface area contributed by atoms with Gasteiger partial charge in [0.25, 0.3) is 0 Å². The van der Waals surface area contributed by atoms with Crippen molar-refractivity contribution in [1.82, 2.24) is 4.98 Å². The minimum atomic E-state index is -0.425. The van der Waals surface area contributed by atoms with E-state index in [1.54, 1.807) is 59.8 Å². The number of carbonyl (C=O) groups is 6. The molecule has 17 heteroatoms. The molecule has 0 spiro atoms. The van der Waals surface area contributed by atoms with Gasteiger partial charge in [-0.3, -0.25) is 19.2 Å². The predicted molar refractivity (Wildman–Crippen MR) is 319 cm³/mol. The Labute approximate surface area is 488 Å². The molecule has 1 heterocycles. The highest BCUT2D eigenvalue weighted by Gasteiger charge is 2.34. The van der Waals surface area contributed by atoms with Gasteiger partial charge in [-0.1, -0.05) is 54.8 Å². The molecule has 0 amide bonds. The minimum absolute atomic E-state index is 0.121. The lowest BCUT2D eigenvalue weighted by Gasteiger charge is -2.26. The summed E-state index contributed by atoms with van der Waals surface area (Å²) in [4.78, 5) is 81.3. The van der Waals surface area contributed by atoms with E-state index in [1.807, 2.05) is 61.6 Å². The van der Waals surface area contributed by atoms with Gasteiger partial charge in [0.2, 0.25) is 5.13 Å². The molecule has 5 aromatic carbocycles. The first kappa shape index (κ1) is 60.9. The average Bonchev–Trinajstić information content (AvgIpc) is 4.08. The van der Waals surface area contributed by atoms with Gasteiger partial charge in [-0.15, -0.1) is 0 Å². The molecule has 0 unspecified atom stereocenters. The molecule has 8 rings (SSSR count). The van der Waals surface area contributed by atoms with Crippen molar-refractivity contribution in [3.63, 3.8) is 0 Å². The van der Waals surface area contributed by atoms with E-state index in [2.05, 4.69) is 13.2 Å². The third-order valence-electron chi connectivity index (χ3n) is 15.0. The second-order valence-corrected chi connectivity index (χ2v) is 22.0. The number of thiazole rings is 1. The largest absolute Gasteiger partial charge is 0.494 e. The number of unbranched alkanes of at least 4 members (excludes halogenated alkanes) is 6. The zero-order valence-electron chi connectivity index (χ0n) is 47.2. The topological polar surface area (TPSA) is 196 Å². The molecule has 436 valence electrons. The molecule has 0 bridgehead atoms. The standard InChI is InChI=1S/C66H73N3O13S/c1-4-61(71)78-38-14-8-6-12-36-76-53-28-32-55(33-29-53)80-63(73)47-22-20-46(21-23-47)58(70)41-45-18-19-50-43-59(52(42-51(50)40-45)44-67-69(3)66-68-57-16-10-11-17-60(57)83-66)82-65(75)49-26-24-48(25-27-49)64(74)81-56-34-30-54(31-35-56)77-37-13-7-9-15-39-79-62(72)5-2/h4-5,10-11,16-19,28-35,40,42-44,46-49H,1-2,6-9,12-15,20-27,36-39,41H2,3H3/b67-44+. The number of para-hydroxylation sites is 1. The van der Waals surface area contributed by atoms with Gasteiger partial charge in [0.1, 0.15) is 34.5 Å². The van der Waals surface area contributed by atoms with Crippen LogP contribution in [0.2, 0.25) is 0 Å². The van der Waals surface area contributed by atoms with Crippen LogP contribution in [0, 0.1) is 23.7 Å². The van der Waals surface area contributed by atoms with Crippen LogP contribution >= 0.6 is 11.3 Å². The van der Waals surface area contributed by atoms with E-state index < -0.39 is 17.9 Å². The molecule has 0 saturated heterocycles. The number of carbonyl (C=O) groups excluding carboxylic acids is 6. The van der Waals surface area contributed by atoms with Crippen LogP contribution in [0.3, 0.4) is 0 Å². The maximum absolute atomic E-state index is 13.9. The number of hydrogen-bond donors (Lipinski definition) is 0. The third kappa shape index (κ3) is 18.7. The quantitative estimate of drug-likeness (QED) is 0.0103. The highest BCUT2D eigenvalue weighted by molar-refractivity contribution is 7.22. The maximum Gasteiger partial charge on any atom is 0.330 e. The number of anilines is 1. The Morgan fingerprint density at radius 3 is 1.55 bits per heavy atom. The van der Waals surface area contributed by atoms with Crippen LogP contribution in [0.5, 0.6) is 28.7 Å². The van der Waals surface area contributed by atoms with Crippen LogP contribution in [0.4, 0.5) is 5.13 Å². The zero-order chi connectivity index (χ0) is 58.3. The van der Waals surface area contributed by atoms with Crippen molar-refractivity contribution in [3.05, 3.63) is 140 Å². The molecule has 0 aliphatic heterocycles. The summed E-state index contributed by atoms with van der Waals surface area (Å²) in [6, 6.07) is 31.5. The molecule has 2 saturated carbocycles. The number of aromatic nitrogens is 1. The van der Waals surface area contributed by atoms with Crippen LogP contribution in [0.15, 0.2) is 134 Å². The minimum Gasteiger partial charge on any atom is -0.494 e. The van der Waals surface area contributed by atoms with Crippen molar-refractivity contribution in [2.45, 2.75) is 109 Å². The smallest absolute Gasteiger partial charge is 0.330 e. The Kier molecular flexibility index (Phi) is 23.0. The highest BCUT2D eigenvalue weighted by atomic mass is 32.1. The summed E-state index contributed by atoms with van der Waals surface area (Å²) in [6.45, 7) is 8.62. The summed E-state index contributed by atoms with van der Waals surface area (Å²) in [5.74, 6) is -0.418. The van der Waals surface area contributed by atoms with Gasteiger partial charge in [0, 0.05) is 37.1 Å². The molecule has 83 heavy (non-hydrogen) atoms. The lowest BCUT2D eigenvalue weighted by Crippen LogP contribution is -2.30. The van der Waals surface area contributed by atoms with Crippen LogP contribution in [0.1, 0.15) is 114 Å². The fraction of sp³-hybridized carbons (Fsp3) is 0.394. The molecule has 2 aliphatic rings. The summed E-state index contributed by atoms with van der Waals surface area (Å²) in [5, 5.41) is 8.78. The number of benzene rings is 5. The number of rotatable bonds is 30. The number of ether oxygens (including phenoxy) is 7. The predicted octanol–water partition coefficient (Wildman–Crippen LogP) is 13.1. The van der Waals surface area contributed by atoms with Gasteiger partial charge < -0.3 is 33.2 Å². The number of hydrogen-bond acceptors (Lipinski definition) is 17. The van der Waals surface area contributed by atoms with Crippen LogP contribution in [-0.2, 0) is 44.7 Å². The number of esters is 5. The first-order valence-corrected chi connectivity index (χ1v) is 29.6. The number of hydrazone groups is 1. The summed E-state index contributed by atoms with van der Waals surface area (Å²) in [6.07, 6.45) is 15.4. The molecule has 0 N–H and O–H groups in total. The van der Waals surface area contributed by atoms with Crippen molar-refractivity contribution in [3.8, 4) is 28.7 Å². The molecule has 1 aromatic heterocycles. The van der Waals surface area contributed by atoms with E-state index >= 15 is 0 Å². The number of Topliss-reactive ketones (excluding diaryl/α,β-unsaturated/α-hetero) is 1. The van der Waals surface area contributed by atoms with Gasteiger partial charge >= 0.3 is 29.8 Å². The molecule has 0 atom stereocenters. The molecule has 0 radical (unpaired) electrons. The highest BCUT2D eigenvalue weighted by Crippen LogP contribution is 2.36. The van der Waals surface area contributed by atoms with E-state index in [4.69, 9.17) is 43.2 Å². The Morgan fingerprint density at radius 1 is 0.554 bits per heavy atom. The van der Waals surface area contributed by atoms with Gasteiger partial charge in [-0.05, 0) is 192 Å². The van der Waals surface area contributed by atoms with Crippen LogP contribution < -0.4 is 28.7 Å². The fourth-order valence-electron chi connectivity index (χ4n) is 10.2. The maximum atomic E-state index is 13.9. The van der Waals surface area contributed by atoms with Gasteiger partial charge in [0.15, 0.2) is 0 Å². The first-order chi connectivity index (χ1) is 40.4. The van der Waals surface area contributed by atoms with E-state index in [1.165, 1.54) is 11.3 Å². The Morgan fingerprint density at radius 2 is 1.04 bits per heavy atom. The third-order valence-corrected chi connectivity index (χ3v) is 16.1. The number of nitrogens with zero attached hydrogens (tertiary/aromatic N) is 3. The van der Waals surface area contributed by atoms with Gasteiger partial charge in [0.05, 0.1) is 60.6 Å². The van der Waals surface area contributed by atoms with E-state index in [0.717, 1.165) is 90.1 Å². The normalized spacial score (nSPS) is 16.8. The monoisotopic (exact) mass is 1150 g/mol. The van der Waals surface area contributed by atoms with Crippen molar-refractivity contribution in [1.29, 1.82) is 0 Å². The lowest BCUT2D eigenvalue weighted by molar-refractivity contribution is -0.145. The SMILES string of the molecule is C=CC(=O)OCCCCCCOc1ccc(OC(=O)C2CCC(C(=O)Cc3ccc4cc(OC(=O)C5CCC(C(=O)Oc6ccc(OCCCCCCOC(=O)C=C)cc6)CC5)c(/C=N/N(C)c5nc6ccccc6s5)cc4c3)CC2)cc1. The summed E-state index contributed by atoms with van der Waals surface area (Å²) < 4.78 is 40.4. The lowest BCUT2D eigenvalue weighted by atomic mass is 9.79. The second kappa shape index (κ2) is 31.3. The molecule has 2 fully saturated rings. The van der Waals surface area contributed by atoms with E-state index in [0.29, 0.717) is 117 Å². The summed E-state index contributed by atoms with van der Waals surface area (Å²) in [5.41, 5.74) is 2.28. The van der Waals surface area contributed by atoms with E-state index in [-0.39, 0.29) is 47.9 Å². The van der Waals surface area contributed by atoms with Gasteiger partial charge in [-0.25, -0.2) is 19.6 Å². The Bertz CT molecular complexity index is 3180. The van der Waals surface area contributed by atoms with Crippen molar-refractivity contribution >= 4 is 79.3 Å². The van der Waals surface area contributed by atoms with Crippen molar-refractivity contribution in [2.75, 3.05) is 38.5 Å². The Balaban J connectivity index is 0.813. The van der Waals surface area contributed by atoms with Crippen LogP contribution in [-0.4, -0.2) is 80.3 Å². The zero-order valence-corrected chi connectivity index (χ0v) is 48.0. The number of fused-ring (bicyclic) bond motifs is 2. The fourth-order valence-corrected chi connectivity index (χ4v) is 11.0. The molecular formula is C66H73N3O13S. The second-order valence-electron chi connectivity index (χ2n) is 21.0. The van der Waals surface area contributed by atoms with Crippen molar-refractivity contribution in [2.24, 2.45) is 28.8 Å².